The Hall–Kier alpha value is -1.66. The van der Waals surface area contributed by atoms with E-state index in [9.17, 15) is 0 Å². The number of hydrogen-bond donors (Lipinski definition) is 0. The predicted octanol–water partition coefficient (Wildman–Crippen LogP) is 3.06. The molecule has 0 heterocycles. The SMILES string of the molecule is C/C(CP(c1ccccc1)c1ccccc1)=N\N(C)C. The summed E-state index contributed by atoms with van der Waals surface area (Å²) in [4.78, 5) is 0. The molecule has 0 unspecified atom stereocenters. The van der Waals surface area contributed by atoms with E-state index in [1.54, 1.807) is 0 Å². The smallest absolute Gasteiger partial charge is 0.0398 e. The fraction of sp³-hybridized carbons (Fsp3) is 0.235. The van der Waals surface area contributed by atoms with Gasteiger partial charge in [-0.2, -0.15) is 5.10 Å². The third-order valence-electron chi connectivity index (χ3n) is 2.89. The Bertz CT molecular complexity index is 510. The quantitative estimate of drug-likeness (QED) is 0.468. The van der Waals surface area contributed by atoms with Crippen LogP contribution in [0.2, 0.25) is 0 Å². The molecule has 0 radical (unpaired) electrons. The summed E-state index contributed by atoms with van der Waals surface area (Å²) in [5, 5.41) is 9.22. The van der Waals surface area contributed by atoms with Crippen LogP contribution >= 0.6 is 7.92 Å². The van der Waals surface area contributed by atoms with Gasteiger partial charge < -0.3 is 5.01 Å². The molecule has 0 aliphatic heterocycles. The molecule has 0 spiro atoms. The van der Waals surface area contributed by atoms with Crippen molar-refractivity contribution in [2.45, 2.75) is 6.92 Å². The molecule has 0 amide bonds. The van der Waals surface area contributed by atoms with Crippen LogP contribution in [-0.4, -0.2) is 31.0 Å². The van der Waals surface area contributed by atoms with Crippen molar-refractivity contribution in [3.05, 3.63) is 60.7 Å². The normalized spacial score (nSPS) is 11.7. The van der Waals surface area contributed by atoms with Gasteiger partial charge in [0.2, 0.25) is 0 Å². The Kier molecular flexibility index (Phi) is 5.31. The molecule has 0 saturated carbocycles. The van der Waals surface area contributed by atoms with Gasteiger partial charge in [-0.05, 0) is 25.5 Å². The van der Waals surface area contributed by atoms with E-state index in [-0.39, 0.29) is 7.92 Å². The zero-order chi connectivity index (χ0) is 14.4. The molecule has 0 aliphatic rings. The Morgan fingerprint density at radius 3 is 1.75 bits per heavy atom. The second-order valence-corrected chi connectivity index (χ2v) is 7.14. The van der Waals surface area contributed by atoms with Crippen LogP contribution in [0, 0.1) is 0 Å². The molecule has 0 bridgehead atoms. The second-order valence-electron chi connectivity index (χ2n) is 4.94. The highest BCUT2D eigenvalue weighted by atomic mass is 31.1. The van der Waals surface area contributed by atoms with E-state index in [1.165, 1.54) is 16.3 Å². The molecule has 104 valence electrons. The molecular weight excluding hydrogens is 263 g/mol. The number of rotatable bonds is 5. The van der Waals surface area contributed by atoms with Crippen LogP contribution in [0.5, 0.6) is 0 Å². The van der Waals surface area contributed by atoms with Gasteiger partial charge in [0, 0.05) is 26.0 Å². The van der Waals surface area contributed by atoms with Gasteiger partial charge in [0.1, 0.15) is 0 Å². The van der Waals surface area contributed by atoms with Crippen molar-refractivity contribution in [2.24, 2.45) is 5.10 Å². The second kappa shape index (κ2) is 7.21. The number of nitrogens with zero attached hydrogens (tertiary/aromatic N) is 2. The first kappa shape index (κ1) is 14.7. The van der Waals surface area contributed by atoms with Crippen LogP contribution in [0.1, 0.15) is 6.92 Å². The summed E-state index contributed by atoms with van der Waals surface area (Å²) in [5.41, 5.74) is 1.17. The zero-order valence-electron chi connectivity index (χ0n) is 12.3. The van der Waals surface area contributed by atoms with E-state index in [1.807, 2.05) is 19.1 Å². The molecule has 0 N–H and O–H groups in total. The lowest BCUT2D eigenvalue weighted by molar-refractivity contribution is 0.437. The predicted molar refractivity (Wildman–Crippen MR) is 90.7 cm³/mol. The lowest BCUT2D eigenvalue weighted by Gasteiger charge is -2.19. The van der Waals surface area contributed by atoms with Crippen LogP contribution in [0.4, 0.5) is 0 Å². The first-order valence-electron chi connectivity index (χ1n) is 6.76. The fourth-order valence-electron chi connectivity index (χ4n) is 2.15. The van der Waals surface area contributed by atoms with Gasteiger partial charge in [-0.3, -0.25) is 0 Å². The summed E-state index contributed by atoms with van der Waals surface area (Å²) >= 11 is 0. The molecule has 20 heavy (non-hydrogen) atoms. The monoisotopic (exact) mass is 284 g/mol. The van der Waals surface area contributed by atoms with Crippen molar-refractivity contribution in [1.29, 1.82) is 0 Å². The van der Waals surface area contributed by atoms with Crippen molar-refractivity contribution < 1.29 is 0 Å². The van der Waals surface area contributed by atoms with E-state index in [0.717, 1.165) is 6.16 Å². The molecule has 2 nitrogen and oxygen atoms in total. The van der Waals surface area contributed by atoms with Crippen LogP contribution in [0.3, 0.4) is 0 Å². The van der Waals surface area contributed by atoms with Crippen molar-refractivity contribution in [3.8, 4) is 0 Å². The average molecular weight is 284 g/mol. The summed E-state index contributed by atoms with van der Waals surface area (Å²) in [7, 11) is 3.56. The van der Waals surface area contributed by atoms with Gasteiger partial charge >= 0.3 is 0 Å². The molecular formula is C17H21N2P. The van der Waals surface area contributed by atoms with Crippen molar-refractivity contribution in [1.82, 2.24) is 5.01 Å². The molecule has 0 aliphatic carbocycles. The van der Waals surface area contributed by atoms with Crippen LogP contribution in [0.15, 0.2) is 65.8 Å². The third-order valence-corrected chi connectivity index (χ3v) is 5.51. The summed E-state index contributed by atoms with van der Waals surface area (Å²) in [6.45, 7) is 2.11. The van der Waals surface area contributed by atoms with E-state index in [0.29, 0.717) is 0 Å². The summed E-state index contributed by atoms with van der Waals surface area (Å²) in [6.07, 6.45) is 1.00. The maximum absolute atomic E-state index is 4.53. The summed E-state index contributed by atoms with van der Waals surface area (Å²) < 4.78 is 0. The van der Waals surface area contributed by atoms with Crippen molar-refractivity contribution in [2.75, 3.05) is 20.3 Å². The fourth-order valence-corrected chi connectivity index (χ4v) is 4.40. The highest BCUT2D eigenvalue weighted by Crippen LogP contribution is 2.33. The van der Waals surface area contributed by atoms with Crippen molar-refractivity contribution in [3.63, 3.8) is 0 Å². The van der Waals surface area contributed by atoms with Gasteiger partial charge in [-0.25, -0.2) is 0 Å². The maximum atomic E-state index is 4.53. The van der Waals surface area contributed by atoms with E-state index in [2.05, 4.69) is 72.7 Å². The lowest BCUT2D eigenvalue weighted by atomic mass is 10.4. The molecule has 0 atom stereocenters. The Labute approximate surface area is 122 Å². The van der Waals surface area contributed by atoms with Crippen LogP contribution < -0.4 is 10.6 Å². The maximum Gasteiger partial charge on any atom is 0.0398 e. The topological polar surface area (TPSA) is 15.6 Å². The van der Waals surface area contributed by atoms with Crippen LogP contribution in [0.25, 0.3) is 0 Å². The Balaban J connectivity index is 2.31. The Morgan fingerprint density at radius 2 is 1.35 bits per heavy atom. The largest absolute Gasteiger partial charge is 0.303 e. The minimum absolute atomic E-state index is 0.378. The van der Waals surface area contributed by atoms with Crippen LogP contribution in [-0.2, 0) is 0 Å². The molecule has 2 rings (SSSR count). The highest BCUT2D eigenvalue weighted by molar-refractivity contribution is 7.73. The first-order valence-corrected chi connectivity index (χ1v) is 8.28. The number of hydrogen-bond acceptors (Lipinski definition) is 2. The van der Waals surface area contributed by atoms with E-state index < -0.39 is 0 Å². The number of benzene rings is 2. The molecule has 2 aromatic rings. The number of hydrazone groups is 1. The zero-order valence-corrected chi connectivity index (χ0v) is 13.2. The average Bonchev–Trinajstić information content (AvgIpc) is 2.46. The Morgan fingerprint density at radius 1 is 0.900 bits per heavy atom. The van der Waals surface area contributed by atoms with Gasteiger partial charge in [0.05, 0.1) is 0 Å². The molecule has 0 saturated heterocycles. The highest BCUT2D eigenvalue weighted by Gasteiger charge is 2.14. The molecule has 2 aromatic carbocycles. The van der Waals surface area contributed by atoms with Crippen molar-refractivity contribution >= 4 is 24.2 Å². The van der Waals surface area contributed by atoms with E-state index >= 15 is 0 Å². The molecule has 3 heteroatoms. The third kappa shape index (κ3) is 4.18. The summed E-state index contributed by atoms with van der Waals surface area (Å²) in [6, 6.07) is 21.5. The van der Waals surface area contributed by atoms with E-state index in [4.69, 9.17) is 0 Å². The molecule has 0 fully saturated rings. The summed E-state index contributed by atoms with van der Waals surface area (Å²) in [5.74, 6) is 0. The minimum Gasteiger partial charge on any atom is -0.303 e. The molecule has 0 aromatic heterocycles. The standard InChI is InChI=1S/C17H21N2P/c1-15(18-19(2)3)14-20(16-10-6-4-7-11-16)17-12-8-5-9-13-17/h4-13H,14H2,1-3H3/b18-15+. The van der Waals surface area contributed by atoms with Gasteiger partial charge in [0.25, 0.3) is 0 Å². The van der Waals surface area contributed by atoms with Gasteiger partial charge in [-0.15, -0.1) is 0 Å². The first-order chi connectivity index (χ1) is 9.66. The van der Waals surface area contributed by atoms with Gasteiger partial charge in [-0.1, -0.05) is 60.7 Å². The van der Waals surface area contributed by atoms with Gasteiger partial charge in [0.15, 0.2) is 0 Å². The lowest BCUT2D eigenvalue weighted by Crippen LogP contribution is -2.18. The minimum atomic E-state index is -0.378.